The molecule has 3 aromatic rings. The number of anilines is 1. The molecule has 2 aromatic carbocycles. The van der Waals surface area contributed by atoms with Gasteiger partial charge in [0.15, 0.2) is 5.60 Å². The molecule has 1 aromatic heterocycles. The van der Waals surface area contributed by atoms with E-state index in [0.29, 0.717) is 86.7 Å². The van der Waals surface area contributed by atoms with Gasteiger partial charge in [0, 0.05) is 78.6 Å². The van der Waals surface area contributed by atoms with E-state index in [0.717, 1.165) is 16.5 Å². The number of primary amides is 1. The molecular formula is C42H53N5O11S. The number of nitrogens with zero attached hydrogens (tertiary/aromatic N) is 3. The highest BCUT2D eigenvalue weighted by Gasteiger charge is 2.79. The third kappa shape index (κ3) is 5.41. The van der Waals surface area contributed by atoms with E-state index in [2.05, 4.69) is 14.8 Å². The van der Waals surface area contributed by atoms with Crippen LogP contribution in [0.2, 0.25) is 0 Å². The van der Waals surface area contributed by atoms with E-state index in [1.165, 1.54) is 14.2 Å². The average molecular weight is 836 g/mol. The van der Waals surface area contributed by atoms with E-state index in [1.54, 1.807) is 30.2 Å². The van der Waals surface area contributed by atoms with Gasteiger partial charge >= 0.3 is 16.4 Å². The molecule has 7 N–H and O–H groups in total. The molecule has 1 aliphatic carbocycles. The van der Waals surface area contributed by atoms with E-state index < -0.39 is 74.5 Å². The smallest absolute Gasteiger partial charge is 0.397 e. The number of aliphatic hydroxyl groups excluding tert-OH is 1. The van der Waals surface area contributed by atoms with Gasteiger partial charge < -0.3 is 40.4 Å². The highest BCUT2D eigenvalue weighted by molar-refractivity contribution is 7.80. The van der Waals surface area contributed by atoms with Gasteiger partial charge in [-0.3, -0.25) is 23.9 Å². The molecule has 3 fully saturated rings. The van der Waals surface area contributed by atoms with Crippen LogP contribution in [-0.4, -0.2) is 145 Å². The first-order chi connectivity index (χ1) is 27.9. The van der Waals surface area contributed by atoms with Crippen molar-refractivity contribution in [2.24, 2.45) is 17.1 Å². The number of rotatable bonds is 8. The lowest BCUT2D eigenvalue weighted by molar-refractivity contribution is -0.205. The molecule has 10 atom stereocenters. The molecule has 1 unspecified atom stereocenters. The maximum Gasteiger partial charge on any atom is 0.397 e. The maximum absolute atomic E-state index is 15.2. The number of aromatic amines is 1. The molecule has 1 saturated carbocycles. The molecule has 6 heterocycles. The number of amides is 1. The minimum atomic E-state index is -5.05. The third-order valence-corrected chi connectivity index (χ3v) is 15.5. The van der Waals surface area contributed by atoms with Gasteiger partial charge in [0.25, 0.3) is 5.91 Å². The van der Waals surface area contributed by atoms with Gasteiger partial charge in [0.05, 0.1) is 37.9 Å². The van der Waals surface area contributed by atoms with Crippen molar-refractivity contribution >= 4 is 38.9 Å². The van der Waals surface area contributed by atoms with Crippen LogP contribution in [0, 0.1) is 11.3 Å². The lowest BCUT2D eigenvalue weighted by Crippen LogP contribution is -2.82. The van der Waals surface area contributed by atoms with E-state index in [4.69, 9.17) is 19.4 Å². The fraction of sp³-hybridized carbons (Fsp3) is 0.571. The van der Waals surface area contributed by atoms with Crippen LogP contribution in [-0.2, 0) is 46.2 Å². The molecule has 1 spiro atoms. The number of likely N-dealkylation sites (N-methyl/N-ethyl adjacent to an activating group) is 1. The molecule has 17 heteroatoms. The number of carbonyl (C=O) groups excluding carboxylic acids is 2. The monoisotopic (exact) mass is 835 g/mol. The highest BCUT2D eigenvalue weighted by Crippen LogP contribution is 2.67. The van der Waals surface area contributed by atoms with Gasteiger partial charge in [-0.05, 0) is 67.8 Å². The van der Waals surface area contributed by atoms with E-state index >= 15 is 4.79 Å². The summed E-state index contributed by atoms with van der Waals surface area (Å²) in [5.41, 5.74) is 1.93. The number of fused-ring (bicyclic) bond motifs is 6. The van der Waals surface area contributed by atoms with Crippen LogP contribution in [0.5, 0.6) is 5.75 Å². The number of benzene rings is 2. The zero-order valence-electron chi connectivity index (χ0n) is 33.7. The molecule has 16 nitrogen and oxygen atoms in total. The summed E-state index contributed by atoms with van der Waals surface area (Å²) < 4.78 is 51.3. The summed E-state index contributed by atoms with van der Waals surface area (Å²) in [4.78, 5) is 38.7. The lowest BCUT2D eigenvalue weighted by Gasteiger charge is -2.62. The Kier molecular flexibility index (Phi) is 9.21. The summed E-state index contributed by atoms with van der Waals surface area (Å²) in [6.07, 6.45) is 3.40. The molecule has 1 amide bonds. The number of aromatic nitrogens is 1. The summed E-state index contributed by atoms with van der Waals surface area (Å²) in [6.45, 7) is 3.77. The van der Waals surface area contributed by atoms with Crippen LogP contribution < -0.4 is 15.4 Å². The minimum Gasteiger partial charge on any atom is -0.496 e. The normalized spacial score (nSPS) is 37.4. The number of hydrogen-bond acceptors (Lipinski definition) is 13. The molecule has 2 saturated heterocycles. The fourth-order valence-electron chi connectivity index (χ4n) is 12.9. The topological polar surface area (TPSA) is 228 Å². The van der Waals surface area contributed by atoms with Crippen LogP contribution in [0.1, 0.15) is 55.0 Å². The molecule has 318 valence electrons. The second-order valence-electron chi connectivity index (χ2n) is 17.8. The van der Waals surface area contributed by atoms with E-state index in [-0.39, 0.29) is 12.3 Å². The van der Waals surface area contributed by atoms with Crippen LogP contribution in [0.3, 0.4) is 0 Å². The minimum absolute atomic E-state index is 0.183. The van der Waals surface area contributed by atoms with Gasteiger partial charge in [-0.1, -0.05) is 37.3 Å². The molecule has 59 heavy (non-hydrogen) atoms. The largest absolute Gasteiger partial charge is 0.496 e. The zero-order chi connectivity index (χ0) is 42.1. The van der Waals surface area contributed by atoms with E-state index in [9.17, 15) is 33.1 Å². The predicted molar refractivity (Wildman–Crippen MR) is 215 cm³/mol. The Labute approximate surface area is 342 Å². The Bertz CT molecular complexity index is 2390. The quantitative estimate of drug-likeness (QED) is 0.106. The SMILES string of the molecule is CC[C@]1(O)C[C@H]2C[N@](CCc3c([nH]c4ccccc34)C(C(=O)OC)(c3cc4c(cc3OC)N(C)[C@H]3[C@@](O)(C(N)=O)[C@H](O)[C@]5(COS(=O)(=O)O)C=CCN6CC[C@]43[C@@H]65)C2)C1. The predicted octanol–water partition coefficient (Wildman–Crippen LogP) is 1.14. The Morgan fingerprint density at radius 1 is 1.07 bits per heavy atom. The first-order valence-electron chi connectivity index (χ1n) is 20.3. The first kappa shape index (κ1) is 40.3. The van der Waals surface area contributed by atoms with Crippen molar-refractivity contribution in [1.82, 2.24) is 14.8 Å². The Hall–Kier alpha value is -4.07. The molecule has 0 radical (unpaired) electrons. The van der Waals surface area contributed by atoms with Gasteiger partial charge in [-0.2, -0.15) is 8.42 Å². The number of H-pyrrole nitrogens is 1. The van der Waals surface area contributed by atoms with Crippen LogP contribution in [0.25, 0.3) is 10.9 Å². The van der Waals surface area contributed by atoms with Crippen molar-refractivity contribution in [3.63, 3.8) is 0 Å². The van der Waals surface area contributed by atoms with Crippen LogP contribution in [0.4, 0.5) is 5.69 Å². The second-order valence-corrected chi connectivity index (χ2v) is 18.9. The average Bonchev–Trinajstić information content (AvgIpc) is 3.87. The summed E-state index contributed by atoms with van der Waals surface area (Å²) >= 11 is 0. The van der Waals surface area contributed by atoms with Crippen molar-refractivity contribution in [2.75, 3.05) is 65.5 Å². The number of nitrogens with one attached hydrogen (secondary N) is 1. The van der Waals surface area contributed by atoms with Crippen LogP contribution >= 0.6 is 0 Å². The molecule has 2 bridgehead atoms. The van der Waals surface area contributed by atoms with E-state index in [1.807, 2.05) is 37.3 Å². The van der Waals surface area contributed by atoms with Crippen molar-refractivity contribution in [3.05, 3.63) is 70.9 Å². The van der Waals surface area contributed by atoms with Crippen molar-refractivity contribution in [3.8, 4) is 5.75 Å². The summed E-state index contributed by atoms with van der Waals surface area (Å²) in [5, 5.41) is 38.0. The maximum atomic E-state index is 15.2. The Balaban J connectivity index is 1.35. The van der Waals surface area contributed by atoms with Crippen molar-refractivity contribution in [2.45, 2.75) is 79.2 Å². The third-order valence-electron chi connectivity index (χ3n) is 15.1. The summed E-state index contributed by atoms with van der Waals surface area (Å²) in [6, 6.07) is 9.63. The fourth-order valence-corrected chi connectivity index (χ4v) is 13.3. The van der Waals surface area contributed by atoms with Crippen molar-refractivity contribution in [1.29, 1.82) is 0 Å². The number of piperidine rings is 1. The number of aliphatic hydroxyl groups is 3. The van der Waals surface area contributed by atoms with Gasteiger partial charge in [-0.25, -0.2) is 4.18 Å². The first-order valence-corrected chi connectivity index (χ1v) is 21.6. The van der Waals surface area contributed by atoms with Crippen LogP contribution in [0.15, 0.2) is 48.6 Å². The number of ether oxygens (including phenoxy) is 2. The van der Waals surface area contributed by atoms with Crippen molar-refractivity contribution < 1.29 is 51.5 Å². The number of esters is 1. The lowest BCUT2D eigenvalue weighted by atomic mass is 9.48. The highest BCUT2D eigenvalue weighted by atomic mass is 32.3. The number of para-hydroxylation sites is 1. The Morgan fingerprint density at radius 3 is 2.53 bits per heavy atom. The zero-order valence-corrected chi connectivity index (χ0v) is 34.5. The molecule has 9 rings (SSSR count). The number of hydrogen-bond donors (Lipinski definition) is 6. The second kappa shape index (κ2) is 13.5. The summed E-state index contributed by atoms with van der Waals surface area (Å²) in [5.74, 6) is -1.61. The van der Waals surface area contributed by atoms with Gasteiger partial charge in [0.1, 0.15) is 17.3 Å². The number of carbonyl (C=O) groups is 2. The Morgan fingerprint density at radius 2 is 1.83 bits per heavy atom. The molecular weight excluding hydrogens is 783 g/mol. The molecule has 6 aliphatic rings. The summed E-state index contributed by atoms with van der Waals surface area (Å²) in [7, 11) is -0.474. The number of methoxy groups -OCH3 is 2. The van der Waals surface area contributed by atoms with Gasteiger partial charge in [0.2, 0.25) is 0 Å². The standard InChI is InChI=1S/C42H53N5O11S/c1-5-38(51)19-24-20-41(37(50)57-4,32-26(11-15-46(21-24)22-38)25-9-6-7-10-29(25)44-32)28-17-27-30(18-31(28)56-3)45(2)34-40(27)13-16-47-14-8-12-39(33(40)47,23-58-59(53,54)55)35(48)42(34,52)36(43)49/h6-10,12,17-18,24,33-35,44,48,51-52H,5,11,13-16,19-23H2,1-4H3,(H2,43,49)(H,53,54,55)/t24-,33+,34-,35-,38+,39+,40-,41?,42+/m1/s1. The molecule has 5 aliphatic heterocycles. The van der Waals surface area contributed by atoms with Gasteiger partial charge in [-0.15, -0.1) is 0 Å². The number of nitrogens with two attached hydrogens (primary N) is 1.